The van der Waals surface area contributed by atoms with E-state index in [2.05, 4.69) is 27.8 Å². The van der Waals surface area contributed by atoms with Crippen molar-refractivity contribution in [2.24, 2.45) is 0 Å². The Labute approximate surface area is 158 Å². The lowest BCUT2D eigenvalue weighted by Crippen LogP contribution is -2.31. The summed E-state index contributed by atoms with van der Waals surface area (Å²) in [6.45, 7) is 4.31. The number of aryl methyl sites for hydroxylation is 1. The molecule has 3 aromatic rings. The van der Waals surface area contributed by atoms with Gasteiger partial charge in [-0.05, 0) is 44.4 Å². The molecule has 0 atom stereocenters. The van der Waals surface area contributed by atoms with E-state index in [-0.39, 0.29) is 29.4 Å². The van der Waals surface area contributed by atoms with Gasteiger partial charge in [-0.2, -0.15) is 0 Å². The van der Waals surface area contributed by atoms with E-state index in [1.165, 1.54) is 5.56 Å². The first kappa shape index (κ1) is 18.6. The number of hydrogen-bond donors (Lipinski definition) is 2. The third kappa shape index (κ3) is 4.53. The predicted molar refractivity (Wildman–Crippen MR) is 105 cm³/mol. The second kappa shape index (κ2) is 8.49. The fourth-order valence-corrected chi connectivity index (χ4v) is 2.91. The zero-order valence-corrected chi connectivity index (χ0v) is 15.6. The van der Waals surface area contributed by atoms with Gasteiger partial charge in [0.05, 0.1) is 5.52 Å². The fraction of sp³-hybridized carbons (Fsp3) is 0.286. The molecule has 1 aromatic carbocycles. The number of benzene rings is 1. The molecule has 27 heavy (non-hydrogen) atoms. The maximum absolute atomic E-state index is 12.6. The highest BCUT2D eigenvalue weighted by Gasteiger charge is 2.21. The lowest BCUT2D eigenvalue weighted by molar-refractivity contribution is 0.0932. The second-order valence-electron chi connectivity index (χ2n) is 6.71. The van der Waals surface area contributed by atoms with Gasteiger partial charge < -0.3 is 10.6 Å². The summed E-state index contributed by atoms with van der Waals surface area (Å²) < 4.78 is 1.65. The number of nitrogens with zero attached hydrogens (tertiary/aromatic N) is 2. The Morgan fingerprint density at radius 2 is 1.78 bits per heavy atom. The van der Waals surface area contributed by atoms with Gasteiger partial charge in [0.2, 0.25) is 5.82 Å². The zero-order chi connectivity index (χ0) is 19.2. The minimum atomic E-state index is -0.297. The van der Waals surface area contributed by atoms with Gasteiger partial charge in [0.15, 0.2) is 5.69 Å². The molecule has 2 N–H and O–H groups in total. The molecule has 2 heterocycles. The molecule has 0 unspecified atom stereocenters. The van der Waals surface area contributed by atoms with Crippen molar-refractivity contribution in [3.05, 3.63) is 71.8 Å². The summed E-state index contributed by atoms with van der Waals surface area (Å²) in [5.41, 5.74) is 2.13. The highest BCUT2D eigenvalue weighted by Crippen LogP contribution is 2.13. The minimum absolute atomic E-state index is 0.0103. The lowest BCUT2D eigenvalue weighted by atomic mass is 10.1. The largest absolute Gasteiger partial charge is 0.351 e. The Hall–Kier alpha value is -3.15. The molecule has 0 saturated heterocycles. The van der Waals surface area contributed by atoms with E-state index >= 15 is 0 Å². The van der Waals surface area contributed by atoms with Crippen LogP contribution in [0.4, 0.5) is 0 Å². The van der Waals surface area contributed by atoms with Crippen LogP contribution in [0.2, 0.25) is 0 Å². The number of amides is 2. The van der Waals surface area contributed by atoms with Gasteiger partial charge in [0, 0.05) is 18.8 Å². The SMILES string of the molecule is CC(C)NC(=O)c1nc(C(=O)NCCCc2ccccc2)c2ccccn12. The number of pyridine rings is 1. The average molecular weight is 364 g/mol. The van der Waals surface area contributed by atoms with Crippen LogP contribution in [-0.4, -0.2) is 33.8 Å². The van der Waals surface area contributed by atoms with Crippen LogP contribution in [0.15, 0.2) is 54.7 Å². The maximum atomic E-state index is 12.6. The highest BCUT2D eigenvalue weighted by molar-refractivity contribution is 6.02. The number of carbonyl (C=O) groups excluding carboxylic acids is 2. The predicted octanol–water partition coefficient (Wildman–Crippen LogP) is 2.84. The van der Waals surface area contributed by atoms with Crippen LogP contribution in [0.1, 0.15) is 46.9 Å². The Morgan fingerprint density at radius 1 is 1.04 bits per heavy atom. The van der Waals surface area contributed by atoms with Crippen LogP contribution in [0.25, 0.3) is 5.52 Å². The summed E-state index contributed by atoms with van der Waals surface area (Å²) >= 11 is 0. The smallest absolute Gasteiger partial charge is 0.287 e. The number of imidazole rings is 1. The maximum Gasteiger partial charge on any atom is 0.287 e. The van der Waals surface area contributed by atoms with Gasteiger partial charge in [0.25, 0.3) is 11.8 Å². The van der Waals surface area contributed by atoms with E-state index in [1.54, 1.807) is 16.7 Å². The molecular formula is C21H24N4O2. The van der Waals surface area contributed by atoms with Crippen molar-refractivity contribution in [2.75, 3.05) is 6.54 Å². The zero-order valence-electron chi connectivity index (χ0n) is 15.6. The molecule has 0 spiro atoms. The molecule has 0 fully saturated rings. The van der Waals surface area contributed by atoms with Gasteiger partial charge in [-0.15, -0.1) is 0 Å². The van der Waals surface area contributed by atoms with Gasteiger partial charge in [-0.1, -0.05) is 36.4 Å². The Kier molecular flexibility index (Phi) is 5.86. The van der Waals surface area contributed by atoms with Gasteiger partial charge >= 0.3 is 0 Å². The van der Waals surface area contributed by atoms with Crippen LogP contribution < -0.4 is 10.6 Å². The third-order valence-electron chi connectivity index (χ3n) is 4.16. The summed E-state index contributed by atoms with van der Waals surface area (Å²) in [6, 6.07) is 15.6. The Balaban J connectivity index is 1.70. The van der Waals surface area contributed by atoms with Crippen LogP contribution >= 0.6 is 0 Å². The van der Waals surface area contributed by atoms with Gasteiger partial charge in [-0.25, -0.2) is 4.98 Å². The molecule has 140 valence electrons. The van der Waals surface area contributed by atoms with Crippen LogP contribution in [0, 0.1) is 0 Å². The molecule has 3 rings (SSSR count). The molecule has 2 aromatic heterocycles. The quantitative estimate of drug-likeness (QED) is 0.633. The van der Waals surface area contributed by atoms with Crippen molar-refractivity contribution in [1.82, 2.24) is 20.0 Å². The van der Waals surface area contributed by atoms with E-state index in [9.17, 15) is 9.59 Å². The normalized spacial score (nSPS) is 10.9. The van der Waals surface area contributed by atoms with Crippen LogP contribution in [0.5, 0.6) is 0 Å². The topological polar surface area (TPSA) is 75.5 Å². The number of fused-ring (bicyclic) bond motifs is 1. The first-order valence-corrected chi connectivity index (χ1v) is 9.16. The summed E-state index contributed by atoms with van der Waals surface area (Å²) in [5, 5.41) is 5.73. The van der Waals surface area contributed by atoms with Crippen molar-refractivity contribution in [3.63, 3.8) is 0 Å². The number of rotatable bonds is 7. The molecule has 0 aliphatic carbocycles. The number of nitrogens with one attached hydrogen (secondary N) is 2. The second-order valence-corrected chi connectivity index (χ2v) is 6.71. The van der Waals surface area contributed by atoms with Crippen LogP contribution in [-0.2, 0) is 6.42 Å². The average Bonchev–Trinajstić information content (AvgIpc) is 3.05. The molecule has 0 bridgehead atoms. The first-order valence-electron chi connectivity index (χ1n) is 9.16. The van der Waals surface area contributed by atoms with Gasteiger partial charge in [0.1, 0.15) is 0 Å². The fourth-order valence-electron chi connectivity index (χ4n) is 2.91. The third-order valence-corrected chi connectivity index (χ3v) is 4.16. The van der Waals surface area contributed by atoms with Crippen molar-refractivity contribution in [2.45, 2.75) is 32.7 Å². The lowest BCUT2D eigenvalue weighted by Gasteiger charge is -2.06. The molecule has 0 aliphatic heterocycles. The molecule has 6 heteroatoms. The van der Waals surface area contributed by atoms with Gasteiger partial charge in [-0.3, -0.25) is 14.0 Å². The van der Waals surface area contributed by atoms with E-state index in [1.807, 2.05) is 44.2 Å². The monoisotopic (exact) mass is 364 g/mol. The van der Waals surface area contributed by atoms with E-state index < -0.39 is 0 Å². The number of aromatic nitrogens is 2. The van der Waals surface area contributed by atoms with E-state index in [0.717, 1.165) is 12.8 Å². The Bertz CT molecular complexity index is 932. The molecular weight excluding hydrogens is 340 g/mol. The summed E-state index contributed by atoms with van der Waals surface area (Å²) in [7, 11) is 0. The summed E-state index contributed by atoms with van der Waals surface area (Å²) in [4.78, 5) is 29.3. The Morgan fingerprint density at radius 3 is 2.52 bits per heavy atom. The molecule has 0 aliphatic rings. The first-order chi connectivity index (χ1) is 13.1. The van der Waals surface area contributed by atoms with Crippen LogP contribution in [0.3, 0.4) is 0 Å². The summed E-state index contributed by atoms with van der Waals surface area (Å²) in [5.74, 6) is -0.349. The molecule has 6 nitrogen and oxygen atoms in total. The van der Waals surface area contributed by atoms with E-state index in [4.69, 9.17) is 0 Å². The molecule has 2 amide bonds. The minimum Gasteiger partial charge on any atom is -0.351 e. The molecule has 0 radical (unpaired) electrons. The molecule has 0 saturated carbocycles. The van der Waals surface area contributed by atoms with Crippen molar-refractivity contribution >= 4 is 17.3 Å². The standard InChI is InChI=1S/C21H24N4O2/c1-15(2)23-21(27)19-24-18(17-12-6-7-14-25(17)19)20(26)22-13-8-11-16-9-4-3-5-10-16/h3-7,9-10,12,14-15H,8,11,13H2,1-2H3,(H,22,26)(H,23,27). The number of hydrogen-bond acceptors (Lipinski definition) is 3. The van der Waals surface area contributed by atoms with Crippen molar-refractivity contribution in [1.29, 1.82) is 0 Å². The highest BCUT2D eigenvalue weighted by atomic mass is 16.2. The van der Waals surface area contributed by atoms with Crippen molar-refractivity contribution < 1.29 is 9.59 Å². The van der Waals surface area contributed by atoms with E-state index in [0.29, 0.717) is 12.1 Å². The summed E-state index contributed by atoms with van der Waals surface area (Å²) in [6.07, 6.45) is 3.47. The van der Waals surface area contributed by atoms with Crippen molar-refractivity contribution in [3.8, 4) is 0 Å². The number of carbonyl (C=O) groups is 2.